The highest BCUT2D eigenvalue weighted by Gasteiger charge is 2.28. The van der Waals surface area contributed by atoms with E-state index in [1.165, 1.54) is 7.11 Å². The third-order valence-electron chi connectivity index (χ3n) is 5.57. The summed E-state index contributed by atoms with van der Waals surface area (Å²) in [5.41, 5.74) is 0.782. The van der Waals surface area contributed by atoms with E-state index in [4.69, 9.17) is 9.47 Å². The SMILES string of the molecule is COC(=O)C1CCC(n2ccc3c(cnn3COCC[Si](C)(C)C)c2=O)CC1. The molecule has 154 valence electrons. The Kier molecular flexibility index (Phi) is 6.39. The summed E-state index contributed by atoms with van der Waals surface area (Å²) in [6, 6.07) is 3.17. The smallest absolute Gasteiger partial charge is 0.308 e. The number of esters is 1. The minimum Gasteiger partial charge on any atom is -0.469 e. The molecule has 0 aromatic carbocycles. The molecule has 0 radical (unpaired) electrons. The normalized spacial score (nSPS) is 20.4. The van der Waals surface area contributed by atoms with Gasteiger partial charge in [-0.2, -0.15) is 5.10 Å². The Balaban J connectivity index is 1.68. The predicted molar refractivity (Wildman–Crippen MR) is 111 cm³/mol. The molecule has 7 nitrogen and oxygen atoms in total. The van der Waals surface area contributed by atoms with Gasteiger partial charge < -0.3 is 14.0 Å². The van der Waals surface area contributed by atoms with Crippen molar-refractivity contribution in [2.45, 2.75) is 64.1 Å². The summed E-state index contributed by atoms with van der Waals surface area (Å²) in [7, 11) is 0.310. The zero-order chi connectivity index (χ0) is 20.3. The predicted octanol–water partition coefficient (Wildman–Crippen LogP) is 3.41. The maximum Gasteiger partial charge on any atom is 0.308 e. The lowest BCUT2D eigenvalue weighted by molar-refractivity contribution is -0.146. The Morgan fingerprint density at radius 1 is 1.25 bits per heavy atom. The lowest BCUT2D eigenvalue weighted by Gasteiger charge is -2.28. The molecule has 0 atom stereocenters. The lowest BCUT2D eigenvalue weighted by atomic mass is 9.86. The Bertz CT molecular complexity index is 876. The molecular formula is C20H31N3O4Si. The molecule has 0 spiro atoms. The van der Waals surface area contributed by atoms with Crippen LogP contribution in [0.1, 0.15) is 31.7 Å². The van der Waals surface area contributed by atoms with E-state index in [2.05, 4.69) is 24.7 Å². The van der Waals surface area contributed by atoms with Crippen molar-refractivity contribution < 1.29 is 14.3 Å². The zero-order valence-electron chi connectivity index (χ0n) is 17.3. The molecule has 0 amide bonds. The third-order valence-corrected chi connectivity index (χ3v) is 7.28. The highest BCUT2D eigenvalue weighted by Crippen LogP contribution is 2.32. The first kappa shape index (κ1) is 20.8. The maximum absolute atomic E-state index is 13.0. The maximum atomic E-state index is 13.0. The van der Waals surface area contributed by atoms with Crippen molar-refractivity contribution in [1.29, 1.82) is 0 Å². The van der Waals surface area contributed by atoms with Crippen LogP contribution in [0.25, 0.3) is 10.9 Å². The summed E-state index contributed by atoms with van der Waals surface area (Å²) in [6.45, 7) is 8.04. The second kappa shape index (κ2) is 8.61. The van der Waals surface area contributed by atoms with Crippen LogP contribution in [0.2, 0.25) is 25.7 Å². The van der Waals surface area contributed by atoms with E-state index < -0.39 is 8.07 Å². The van der Waals surface area contributed by atoms with E-state index in [1.807, 2.05) is 12.3 Å². The molecule has 28 heavy (non-hydrogen) atoms. The van der Waals surface area contributed by atoms with Crippen LogP contribution in [0.15, 0.2) is 23.3 Å². The molecule has 2 heterocycles. The summed E-state index contributed by atoms with van der Waals surface area (Å²) in [4.78, 5) is 24.7. The van der Waals surface area contributed by atoms with Crippen molar-refractivity contribution >= 4 is 24.9 Å². The first-order valence-corrected chi connectivity index (χ1v) is 13.7. The van der Waals surface area contributed by atoms with Gasteiger partial charge in [-0.05, 0) is 37.8 Å². The van der Waals surface area contributed by atoms with Gasteiger partial charge in [0.05, 0.1) is 30.1 Å². The number of nitrogens with zero attached hydrogens (tertiary/aromatic N) is 3. The number of ether oxygens (including phenoxy) is 2. The fourth-order valence-electron chi connectivity index (χ4n) is 3.77. The van der Waals surface area contributed by atoms with Gasteiger partial charge in [-0.15, -0.1) is 0 Å². The number of pyridine rings is 1. The summed E-state index contributed by atoms with van der Waals surface area (Å²) < 4.78 is 14.2. The van der Waals surface area contributed by atoms with Gasteiger partial charge in [0, 0.05) is 26.9 Å². The van der Waals surface area contributed by atoms with E-state index in [1.54, 1.807) is 15.4 Å². The lowest BCUT2D eigenvalue weighted by Crippen LogP contribution is -2.30. The van der Waals surface area contributed by atoms with E-state index in [-0.39, 0.29) is 23.5 Å². The molecule has 0 N–H and O–H groups in total. The monoisotopic (exact) mass is 405 g/mol. The van der Waals surface area contributed by atoms with E-state index >= 15 is 0 Å². The number of carbonyl (C=O) groups excluding carboxylic acids is 1. The van der Waals surface area contributed by atoms with Gasteiger partial charge in [0.15, 0.2) is 0 Å². The highest BCUT2D eigenvalue weighted by molar-refractivity contribution is 6.76. The number of aromatic nitrogens is 3. The van der Waals surface area contributed by atoms with Crippen molar-refractivity contribution in [2.75, 3.05) is 13.7 Å². The van der Waals surface area contributed by atoms with Crippen molar-refractivity contribution in [2.24, 2.45) is 5.92 Å². The van der Waals surface area contributed by atoms with Crippen LogP contribution in [0, 0.1) is 5.92 Å². The molecule has 1 saturated carbocycles. The number of rotatable bonds is 7. The minimum atomic E-state index is -1.12. The topological polar surface area (TPSA) is 75.3 Å². The molecule has 8 heteroatoms. The average molecular weight is 406 g/mol. The number of fused-ring (bicyclic) bond motifs is 1. The Labute approximate surface area is 166 Å². The second-order valence-electron chi connectivity index (χ2n) is 8.85. The molecule has 3 rings (SSSR count). The van der Waals surface area contributed by atoms with Crippen molar-refractivity contribution in [3.05, 3.63) is 28.8 Å². The number of hydrogen-bond acceptors (Lipinski definition) is 5. The number of hydrogen-bond donors (Lipinski definition) is 0. The van der Waals surface area contributed by atoms with Gasteiger partial charge in [-0.25, -0.2) is 4.68 Å². The van der Waals surface area contributed by atoms with Gasteiger partial charge in [0.1, 0.15) is 6.73 Å². The van der Waals surface area contributed by atoms with Gasteiger partial charge in [0.25, 0.3) is 5.56 Å². The molecular weight excluding hydrogens is 374 g/mol. The van der Waals surface area contributed by atoms with E-state index in [0.29, 0.717) is 12.1 Å². The summed E-state index contributed by atoms with van der Waals surface area (Å²) >= 11 is 0. The molecule has 2 aromatic heterocycles. The standard InChI is InChI=1S/C20H31N3O4Si/c1-26-20(25)15-5-7-16(8-6-15)22-10-9-18-17(19(22)24)13-21-23(18)14-27-11-12-28(2,3)4/h9-10,13,15-16H,5-8,11-12,14H2,1-4H3. The average Bonchev–Trinajstić information content (AvgIpc) is 3.08. The fourth-order valence-corrected chi connectivity index (χ4v) is 4.53. The molecule has 1 aliphatic rings. The van der Waals surface area contributed by atoms with Crippen molar-refractivity contribution in [3.8, 4) is 0 Å². The summed E-state index contributed by atoms with van der Waals surface area (Å²) in [5, 5.41) is 4.97. The fraction of sp³-hybridized carbons (Fsp3) is 0.650. The largest absolute Gasteiger partial charge is 0.469 e. The molecule has 0 aliphatic heterocycles. The number of carbonyl (C=O) groups is 1. The molecule has 1 fully saturated rings. The van der Waals surface area contributed by atoms with Crippen LogP contribution in [-0.2, 0) is 21.0 Å². The molecule has 0 bridgehead atoms. The van der Waals surface area contributed by atoms with Gasteiger partial charge in [-0.3, -0.25) is 9.59 Å². The Hall–Kier alpha value is -1.93. The second-order valence-corrected chi connectivity index (χ2v) is 14.5. The highest BCUT2D eigenvalue weighted by atomic mass is 28.3. The Morgan fingerprint density at radius 2 is 1.96 bits per heavy atom. The Morgan fingerprint density at radius 3 is 2.61 bits per heavy atom. The van der Waals surface area contributed by atoms with Gasteiger partial charge >= 0.3 is 5.97 Å². The minimum absolute atomic E-state index is 0.0210. The molecule has 1 aliphatic carbocycles. The summed E-state index contributed by atoms with van der Waals surface area (Å²) in [5.74, 6) is -0.187. The first-order chi connectivity index (χ1) is 13.3. The zero-order valence-corrected chi connectivity index (χ0v) is 18.3. The van der Waals surface area contributed by atoms with Crippen LogP contribution in [0.4, 0.5) is 0 Å². The van der Waals surface area contributed by atoms with Crippen LogP contribution in [-0.4, -0.2) is 42.1 Å². The van der Waals surface area contributed by atoms with Crippen LogP contribution in [0.3, 0.4) is 0 Å². The van der Waals surface area contributed by atoms with Gasteiger partial charge in [-0.1, -0.05) is 19.6 Å². The third kappa shape index (κ3) is 4.72. The van der Waals surface area contributed by atoms with Crippen LogP contribution in [0.5, 0.6) is 0 Å². The van der Waals surface area contributed by atoms with Crippen molar-refractivity contribution in [1.82, 2.24) is 14.3 Å². The quantitative estimate of drug-likeness (QED) is 0.401. The molecule has 0 saturated heterocycles. The van der Waals surface area contributed by atoms with Crippen molar-refractivity contribution in [3.63, 3.8) is 0 Å². The first-order valence-electron chi connectivity index (χ1n) is 10.0. The van der Waals surface area contributed by atoms with Gasteiger partial charge in [0.2, 0.25) is 0 Å². The van der Waals surface area contributed by atoms with E-state index in [9.17, 15) is 9.59 Å². The summed E-state index contributed by atoms with van der Waals surface area (Å²) in [6.07, 6.45) is 6.61. The number of methoxy groups -OCH3 is 1. The molecule has 2 aromatic rings. The van der Waals surface area contributed by atoms with Crippen LogP contribution >= 0.6 is 0 Å². The molecule has 0 unspecified atom stereocenters. The van der Waals surface area contributed by atoms with E-state index in [0.717, 1.165) is 43.9 Å². The van der Waals surface area contributed by atoms with Crippen LogP contribution < -0.4 is 5.56 Å².